The lowest BCUT2D eigenvalue weighted by molar-refractivity contribution is 0.166. The smallest absolute Gasteiger partial charge is 0.305 e. The van der Waals surface area contributed by atoms with E-state index < -0.39 is 5.56 Å². The van der Waals surface area contributed by atoms with Gasteiger partial charge in [0.15, 0.2) is 0 Å². The summed E-state index contributed by atoms with van der Waals surface area (Å²) in [5.41, 5.74) is 4.90. The Labute approximate surface area is 163 Å². The van der Waals surface area contributed by atoms with Crippen molar-refractivity contribution in [1.29, 1.82) is 0 Å². The highest BCUT2D eigenvalue weighted by atomic mass is 16.5. The van der Waals surface area contributed by atoms with Crippen LogP contribution in [0.15, 0.2) is 89.7 Å². The molecule has 0 fully saturated rings. The van der Waals surface area contributed by atoms with Gasteiger partial charge in [-0.05, 0) is 23.6 Å². The SMILES string of the molecule is Cc1c(-c2ccccc2)nc(Cc2cccc(-c3ccccc3)c2)c(=O)n1O. The van der Waals surface area contributed by atoms with Crippen LogP contribution in [0.1, 0.15) is 17.0 Å². The summed E-state index contributed by atoms with van der Waals surface area (Å²) in [6.07, 6.45) is 0.347. The summed E-state index contributed by atoms with van der Waals surface area (Å²) in [6, 6.07) is 27.7. The van der Waals surface area contributed by atoms with Crippen LogP contribution in [0.3, 0.4) is 0 Å². The van der Waals surface area contributed by atoms with E-state index in [1.54, 1.807) is 6.92 Å². The zero-order valence-corrected chi connectivity index (χ0v) is 15.5. The summed E-state index contributed by atoms with van der Waals surface area (Å²) in [5.74, 6) is 0. The average Bonchev–Trinajstić information content (AvgIpc) is 2.75. The Hall–Kier alpha value is -3.66. The fraction of sp³-hybridized carbons (Fsp3) is 0.0833. The molecule has 1 N–H and O–H groups in total. The van der Waals surface area contributed by atoms with Gasteiger partial charge < -0.3 is 5.21 Å². The van der Waals surface area contributed by atoms with Crippen molar-refractivity contribution in [3.63, 3.8) is 0 Å². The lowest BCUT2D eigenvalue weighted by atomic mass is 10.0. The summed E-state index contributed by atoms with van der Waals surface area (Å²) in [7, 11) is 0. The fourth-order valence-corrected chi connectivity index (χ4v) is 3.31. The Morgan fingerprint density at radius 2 is 1.43 bits per heavy atom. The van der Waals surface area contributed by atoms with Crippen molar-refractivity contribution in [2.24, 2.45) is 0 Å². The highest BCUT2D eigenvalue weighted by molar-refractivity contribution is 5.64. The maximum atomic E-state index is 12.6. The van der Waals surface area contributed by atoms with Gasteiger partial charge in [0.1, 0.15) is 5.69 Å². The number of hydrogen-bond donors (Lipinski definition) is 1. The molecule has 4 rings (SSSR count). The van der Waals surface area contributed by atoms with Crippen molar-refractivity contribution in [3.05, 3.63) is 112 Å². The first-order valence-corrected chi connectivity index (χ1v) is 9.15. The Morgan fingerprint density at radius 1 is 0.821 bits per heavy atom. The van der Waals surface area contributed by atoms with Crippen molar-refractivity contribution >= 4 is 0 Å². The van der Waals surface area contributed by atoms with Gasteiger partial charge in [-0.1, -0.05) is 84.9 Å². The van der Waals surface area contributed by atoms with Crippen molar-refractivity contribution in [2.75, 3.05) is 0 Å². The van der Waals surface area contributed by atoms with Crippen LogP contribution in [-0.4, -0.2) is 14.9 Å². The summed E-state index contributed by atoms with van der Waals surface area (Å²) >= 11 is 0. The van der Waals surface area contributed by atoms with E-state index in [-0.39, 0.29) is 0 Å². The molecule has 4 aromatic rings. The molecule has 0 radical (unpaired) electrons. The molecule has 138 valence electrons. The first-order valence-electron chi connectivity index (χ1n) is 9.15. The molecule has 1 aromatic heterocycles. The third-order valence-electron chi connectivity index (χ3n) is 4.80. The van der Waals surface area contributed by atoms with Crippen molar-refractivity contribution in [1.82, 2.24) is 9.71 Å². The zero-order chi connectivity index (χ0) is 19.5. The summed E-state index contributed by atoms with van der Waals surface area (Å²) < 4.78 is 0.700. The first-order chi connectivity index (χ1) is 13.6. The minimum absolute atomic E-state index is 0.317. The molecule has 28 heavy (non-hydrogen) atoms. The van der Waals surface area contributed by atoms with Gasteiger partial charge in [-0.25, -0.2) is 4.98 Å². The molecule has 1 heterocycles. The minimum atomic E-state index is -0.484. The third kappa shape index (κ3) is 3.45. The molecule has 0 amide bonds. The van der Waals surface area contributed by atoms with E-state index in [1.807, 2.05) is 66.7 Å². The van der Waals surface area contributed by atoms with E-state index in [4.69, 9.17) is 0 Å². The zero-order valence-electron chi connectivity index (χ0n) is 15.5. The highest BCUT2D eigenvalue weighted by Crippen LogP contribution is 2.23. The van der Waals surface area contributed by atoms with E-state index in [9.17, 15) is 10.0 Å². The maximum Gasteiger partial charge on any atom is 0.305 e. The van der Waals surface area contributed by atoms with Crippen LogP contribution >= 0.6 is 0 Å². The van der Waals surface area contributed by atoms with Gasteiger partial charge >= 0.3 is 5.56 Å². The van der Waals surface area contributed by atoms with Crippen LogP contribution in [0.2, 0.25) is 0 Å². The Morgan fingerprint density at radius 3 is 2.11 bits per heavy atom. The van der Waals surface area contributed by atoms with Crippen LogP contribution in [-0.2, 0) is 6.42 Å². The highest BCUT2D eigenvalue weighted by Gasteiger charge is 2.15. The minimum Gasteiger partial charge on any atom is -0.425 e. The lowest BCUT2D eigenvalue weighted by Gasteiger charge is -2.12. The number of nitrogens with zero attached hydrogens (tertiary/aromatic N) is 2. The first kappa shape index (κ1) is 17.7. The second-order valence-electron chi connectivity index (χ2n) is 6.72. The van der Waals surface area contributed by atoms with Gasteiger partial charge in [-0.3, -0.25) is 4.79 Å². The second-order valence-corrected chi connectivity index (χ2v) is 6.72. The van der Waals surface area contributed by atoms with E-state index >= 15 is 0 Å². The van der Waals surface area contributed by atoms with Crippen LogP contribution in [0, 0.1) is 6.92 Å². The van der Waals surface area contributed by atoms with Crippen molar-refractivity contribution in [3.8, 4) is 22.4 Å². The monoisotopic (exact) mass is 368 g/mol. The third-order valence-corrected chi connectivity index (χ3v) is 4.80. The summed E-state index contributed by atoms with van der Waals surface area (Å²) in [6.45, 7) is 1.69. The largest absolute Gasteiger partial charge is 0.425 e. The van der Waals surface area contributed by atoms with E-state index in [1.165, 1.54) is 0 Å². The van der Waals surface area contributed by atoms with Gasteiger partial charge in [0.2, 0.25) is 0 Å². The molecular weight excluding hydrogens is 348 g/mol. The molecule has 0 unspecified atom stereocenters. The van der Waals surface area contributed by atoms with Crippen LogP contribution in [0.25, 0.3) is 22.4 Å². The van der Waals surface area contributed by atoms with Crippen LogP contribution < -0.4 is 5.56 Å². The Bertz CT molecular complexity index is 1170. The van der Waals surface area contributed by atoms with Gasteiger partial charge in [-0.15, -0.1) is 4.73 Å². The quantitative estimate of drug-likeness (QED) is 0.531. The maximum absolute atomic E-state index is 12.6. The molecule has 0 saturated carbocycles. The molecule has 0 spiro atoms. The Kier molecular flexibility index (Phi) is 4.77. The average molecular weight is 368 g/mol. The molecule has 4 heteroatoms. The molecule has 3 aromatic carbocycles. The lowest BCUT2D eigenvalue weighted by Crippen LogP contribution is -2.26. The topological polar surface area (TPSA) is 55.1 Å². The molecular formula is C24H20N2O2. The van der Waals surface area contributed by atoms with Gasteiger partial charge in [0.05, 0.1) is 11.4 Å². The van der Waals surface area contributed by atoms with Crippen molar-refractivity contribution < 1.29 is 5.21 Å². The standard InChI is InChI=1S/C24H20N2O2/c1-17-23(20-12-6-3-7-13-20)25-22(24(27)26(17)28)16-18-9-8-14-21(15-18)19-10-4-2-5-11-19/h2-15,28H,16H2,1H3. The van der Waals surface area contributed by atoms with E-state index in [0.29, 0.717) is 28.2 Å². The number of aromatic nitrogens is 2. The molecule has 0 saturated heterocycles. The van der Waals surface area contributed by atoms with Gasteiger partial charge in [0.25, 0.3) is 0 Å². The number of rotatable bonds is 4. The fourth-order valence-electron chi connectivity index (χ4n) is 3.31. The van der Waals surface area contributed by atoms with Crippen LogP contribution in [0.5, 0.6) is 0 Å². The predicted octanol–water partition coefficient (Wildman–Crippen LogP) is 4.71. The number of benzene rings is 3. The molecule has 0 aliphatic rings. The van der Waals surface area contributed by atoms with Gasteiger partial charge in [0, 0.05) is 12.0 Å². The normalized spacial score (nSPS) is 10.8. The van der Waals surface area contributed by atoms with E-state index in [2.05, 4.69) is 23.2 Å². The second kappa shape index (κ2) is 7.53. The predicted molar refractivity (Wildman–Crippen MR) is 111 cm³/mol. The molecule has 4 nitrogen and oxygen atoms in total. The van der Waals surface area contributed by atoms with Crippen LogP contribution in [0.4, 0.5) is 0 Å². The molecule has 0 aliphatic heterocycles. The molecule has 0 bridgehead atoms. The Balaban J connectivity index is 1.75. The number of hydrogen-bond acceptors (Lipinski definition) is 3. The summed E-state index contributed by atoms with van der Waals surface area (Å²) in [4.78, 5) is 17.2. The van der Waals surface area contributed by atoms with Gasteiger partial charge in [-0.2, -0.15) is 0 Å². The van der Waals surface area contributed by atoms with E-state index in [0.717, 1.165) is 22.3 Å². The molecule has 0 atom stereocenters. The summed E-state index contributed by atoms with van der Waals surface area (Å²) in [5, 5.41) is 10.3. The van der Waals surface area contributed by atoms with Crippen molar-refractivity contribution in [2.45, 2.75) is 13.3 Å². The molecule has 0 aliphatic carbocycles.